The molecule has 3 aromatic carbocycles. The van der Waals surface area contributed by atoms with E-state index in [2.05, 4.69) is 53.5 Å². The van der Waals surface area contributed by atoms with Gasteiger partial charge in [0.15, 0.2) is 0 Å². The topological polar surface area (TPSA) is 35.6 Å². The second kappa shape index (κ2) is 7.08. The van der Waals surface area contributed by atoms with E-state index in [-0.39, 0.29) is 6.03 Å². The van der Waals surface area contributed by atoms with Gasteiger partial charge in [-0.1, -0.05) is 48.5 Å². The number of piperazine rings is 1. The molecule has 1 heterocycles. The van der Waals surface area contributed by atoms with E-state index < -0.39 is 0 Å². The summed E-state index contributed by atoms with van der Waals surface area (Å²) in [4.78, 5) is 16.9. The van der Waals surface area contributed by atoms with Gasteiger partial charge in [-0.25, -0.2) is 4.79 Å². The zero-order chi connectivity index (χ0) is 17.9. The maximum Gasteiger partial charge on any atom is 0.321 e. The number of urea groups is 1. The van der Waals surface area contributed by atoms with Crippen molar-refractivity contribution in [2.45, 2.75) is 6.92 Å². The number of carbonyl (C=O) groups is 1. The molecule has 0 unspecified atom stereocenters. The molecule has 1 aliphatic rings. The van der Waals surface area contributed by atoms with Crippen LogP contribution in [-0.4, -0.2) is 37.1 Å². The van der Waals surface area contributed by atoms with Crippen LogP contribution >= 0.6 is 0 Å². The largest absolute Gasteiger partial charge is 0.368 e. The second-order valence-electron chi connectivity index (χ2n) is 6.77. The molecule has 0 aliphatic carbocycles. The van der Waals surface area contributed by atoms with E-state index in [1.807, 2.05) is 35.2 Å². The number of amides is 2. The molecule has 4 heteroatoms. The van der Waals surface area contributed by atoms with Crippen molar-refractivity contribution in [3.8, 4) is 0 Å². The van der Waals surface area contributed by atoms with Crippen LogP contribution in [-0.2, 0) is 0 Å². The number of hydrogen-bond donors (Lipinski definition) is 1. The fourth-order valence-electron chi connectivity index (χ4n) is 3.52. The molecule has 0 radical (unpaired) electrons. The maximum absolute atomic E-state index is 12.7. The third-order valence-electron chi connectivity index (χ3n) is 4.96. The van der Waals surface area contributed by atoms with Crippen molar-refractivity contribution >= 4 is 28.2 Å². The summed E-state index contributed by atoms with van der Waals surface area (Å²) in [6, 6.07) is 22.6. The van der Waals surface area contributed by atoms with Gasteiger partial charge in [0.2, 0.25) is 0 Å². The van der Waals surface area contributed by atoms with E-state index in [4.69, 9.17) is 0 Å². The summed E-state index contributed by atoms with van der Waals surface area (Å²) in [5, 5.41) is 5.29. The Balaban J connectivity index is 1.42. The van der Waals surface area contributed by atoms with Crippen molar-refractivity contribution in [1.29, 1.82) is 0 Å². The molecule has 26 heavy (non-hydrogen) atoms. The molecule has 1 fully saturated rings. The summed E-state index contributed by atoms with van der Waals surface area (Å²) in [6.45, 7) is 5.27. The molecular formula is C22H23N3O. The fraction of sp³-hybridized carbons (Fsp3) is 0.227. The minimum absolute atomic E-state index is 0.0229. The van der Waals surface area contributed by atoms with Crippen LogP contribution in [0.3, 0.4) is 0 Å². The van der Waals surface area contributed by atoms with E-state index in [0.29, 0.717) is 0 Å². The summed E-state index contributed by atoms with van der Waals surface area (Å²) in [7, 11) is 0. The van der Waals surface area contributed by atoms with Crippen LogP contribution in [0.15, 0.2) is 66.7 Å². The highest BCUT2D eigenvalue weighted by molar-refractivity contribution is 6.01. The minimum Gasteiger partial charge on any atom is -0.368 e. The second-order valence-corrected chi connectivity index (χ2v) is 6.77. The van der Waals surface area contributed by atoms with Crippen molar-refractivity contribution in [3.05, 3.63) is 72.3 Å². The molecule has 0 atom stereocenters. The molecule has 0 aromatic heterocycles. The van der Waals surface area contributed by atoms with Gasteiger partial charge in [0.1, 0.15) is 0 Å². The van der Waals surface area contributed by atoms with Gasteiger partial charge < -0.3 is 15.1 Å². The number of fused-ring (bicyclic) bond motifs is 1. The Morgan fingerprint density at radius 1 is 0.885 bits per heavy atom. The maximum atomic E-state index is 12.7. The summed E-state index contributed by atoms with van der Waals surface area (Å²) in [5.41, 5.74) is 3.37. The van der Waals surface area contributed by atoms with E-state index >= 15 is 0 Å². The zero-order valence-electron chi connectivity index (χ0n) is 15.0. The molecule has 2 amide bonds. The molecule has 1 N–H and O–H groups in total. The van der Waals surface area contributed by atoms with Gasteiger partial charge in [0, 0.05) is 37.3 Å². The quantitative estimate of drug-likeness (QED) is 0.742. The smallest absolute Gasteiger partial charge is 0.321 e. The van der Waals surface area contributed by atoms with Crippen LogP contribution in [0, 0.1) is 6.92 Å². The van der Waals surface area contributed by atoms with Crippen molar-refractivity contribution < 1.29 is 4.79 Å². The third kappa shape index (κ3) is 3.36. The lowest BCUT2D eigenvalue weighted by molar-refractivity contribution is 0.208. The zero-order valence-corrected chi connectivity index (χ0v) is 15.0. The number of hydrogen-bond acceptors (Lipinski definition) is 2. The molecular weight excluding hydrogens is 322 g/mol. The van der Waals surface area contributed by atoms with Gasteiger partial charge in [-0.15, -0.1) is 0 Å². The average Bonchev–Trinajstić information content (AvgIpc) is 2.68. The van der Waals surface area contributed by atoms with Crippen molar-refractivity contribution in [2.24, 2.45) is 0 Å². The number of nitrogens with one attached hydrogen (secondary N) is 1. The fourth-order valence-corrected chi connectivity index (χ4v) is 3.52. The molecule has 3 aromatic rings. The van der Waals surface area contributed by atoms with E-state index in [1.54, 1.807) is 0 Å². The molecule has 4 nitrogen and oxygen atoms in total. The Kier molecular flexibility index (Phi) is 4.48. The Morgan fingerprint density at radius 3 is 2.42 bits per heavy atom. The first-order chi connectivity index (χ1) is 12.7. The number of benzene rings is 3. The average molecular weight is 345 g/mol. The Bertz CT molecular complexity index is 924. The molecule has 0 bridgehead atoms. The monoisotopic (exact) mass is 345 g/mol. The van der Waals surface area contributed by atoms with Crippen LogP contribution in [0.4, 0.5) is 16.2 Å². The predicted octanol–water partition coefficient (Wildman–Crippen LogP) is 4.50. The van der Waals surface area contributed by atoms with E-state index in [0.717, 1.165) is 42.6 Å². The van der Waals surface area contributed by atoms with Crippen LogP contribution in [0.2, 0.25) is 0 Å². The predicted molar refractivity (Wildman–Crippen MR) is 108 cm³/mol. The van der Waals surface area contributed by atoms with Gasteiger partial charge in [0.05, 0.1) is 5.69 Å². The summed E-state index contributed by atoms with van der Waals surface area (Å²) >= 11 is 0. The van der Waals surface area contributed by atoms with Gasteiger partial charge in [-0.2, -0.15) is 0 Å². The summed E-state index contributed by atoms with van der Waals surface area (Å²) in [6.07, 6.45) is 0. The SMILES string of the molecule is Cc1cccc(N2CCN(C(=O)Nc3cccc4ccccc34)CC2)c1. The minimum atomic E-state index is -0.0229. The molecule has 1 aliphatic heterocycles. The molecule has 132 valence electrons. The summed E-state index contributed by atoms with van der Waals surface area (Å²) in [5.74, 6) is 0. The lowest BCUT2D eigenvalue weighted by atomic mass is 10.1. The molecule has 1 saturated heterocycles. The highest BCUT2D eigenvalue weighted by atomic mass is 16.2. The Labute approximate surface area is 154 Å². The highest BCUT2D eigenvalue weighted by Gasteiger charge is 2.21. The first-order valence-corrected chi connectivity index (χ1v) is 9.06. The van der Waals surface area contributed by atoms with E-state index in [9.17, 15) is 4.79 Å². The Hall–Kier alpha value is -3.01. The normalized spacial score (nSPS) is 14.5. The lowest BCUT2D eigenvalue weighted by Gasteiger charge is -2.36. The molecule has 4 rings (SSSR count). The van der Waals surface area contributed by atoms with Gasteiger partial charge in [-0.05, 0) is 36.1 Å². The van der Waals surface area contributed by atoms with Crippen molar-refractivity contribution in [1.82, 2.24) is 4.90 Å². The number of rotatable bonds is 2. The standard InChI is InChI=1S/C22H23N3O/c1-17-6-4-9-19(16-17)24-12-14-25(15-13-24)22(26)23-21-11-5-8-18-7-2-3-10-20(18)21/h2-11,16H,12-15H2,1H3,(H,23,26). The number of nitrogens with zero attached hydrogens (tertiary/aromatic N) is 2. The van der Waals surface area contributed by atoms with Crippen LogP contribution in [0.1, 0.15) is 5.56 Å². The van der Waals surface area contributed by atoms with Gasteiger partial charge in [0.25, 0.3) is 0 Å². The summed E-state index contributed by atoms with van der Waals surface area (Å²) < 4.78 is 0. The van der Waals surface area contributed by atoms with Crippen LogP contribution in [0.25, 0.3) is 10.8 Å². The molecule has 0 saturated carbocycles. The van der Waals surface area contributed by atoms with Crippen LogP contribution in [0.5, 0.6) is 0 Å². The van der Waals surface area contributed by atoms with Crippen molar-refractivity contribution in [2.75, 3.05) is 36.4 Å². The third-order valence-corrected chi connectivity index (χ3v) is 4.96. The first-order valence-electron chi connectivity index (χ1n) is 9.06. The van der Waals surface area contributed by atoms with Crippen molar-refractivity contribution in [3.63, 3.8) is 0 Å². The van der Waals surface area contributed by atoms with Gasteiger partial charge in [-0.3, -0.25) is 0 Å². The number of carbonyl (C=O) groups excluding carboxylic acids is 1. The van der Waals surface area contributed by atoms with Crippen LogP contribution < -0.4 is 10.2 Å². The first kappa shape index (κ1) is 16.5. The number of anilines is 2. The lowest BCUT2D eigenvalue weighted by Crippen LogP contribution is -2.50. The van der Waals surface area contributed by atoms with Gasteiger partial charge >= 0.3 is 6.03 Å². The van der Waals surface area contributed by atoms with E-state index in [1.165, 1.54) is 11.3 Å². The molecule has 0 spiro atoms. The Morgan fingerprint density at radius 2 is 1.62 bits per heavy atom. The number of aryl methyl sites for hydroxylation is 1. The highest BCUT2D eigenvalue weighted by Crippen LogP contribution is 2.24.